The zero-order valence-corrected chi connectivity index (χ0v) is 19.0. The van der Waals surface area contributed by atoms with Crippen LogP contribution in [0.5, 0.6) is 0 Å². The van der Waals surface area contributed by atoms with Gasteiger partial charge in [0.15, 0.2) is 0 Å². The van der Waals surface area contributed by atoms with E-state index in [1.165, 1.54) is 19.2 Å². The Balaban J connectivity index is 1.76. The third-order valence-corrected chi connectivity index (χ3v) is 6.70. The van der Waals surface area contributed by atoms with Crippen molar-refractivity contribution < 1.29 is 13.2 Å². The van der Waals surface area contributed by atoms with E-state index in [9.17, 15) is 13.2 Å². The van der Waals surface area contributed by atoms with Gasteiger partial charge in [-0.15, -0.1) is 0 Å². The van der Waals surface area contributed by atoms with Crippen LogP contribution in [0.4, 0.5) is 5.82 Å². The summed E-state index contributed by atoms with van der Waals surface area (Å²) in [5.74, 6) is 1.80. The molecule has 3 rings (SSSR count). The van der Waals surface area contributed by atoms with Gasteiger partial charge >= 0.3 is 0 Å². The second-order valence-electron chi connectivity index (χ2n) is 7.84. The van der Waals surface area contributed by atoms with Gasteiger partial charge in [-0.2, -0.15) is 0 Å². The van der Waals surface area contributed by atoms with Crippen molar-refractivity contribution in [3.8, 4) is 0 Å². The Morgan fingerprint density at radius 1 is 1.07 bits per heavy atom. The van der Waals surface area contributed by atoms with Crippen LogP contribution in [0.1, 0.15) is 47.2 Å². The third kappa shape index (κ3) is 4.62. The van der Waals surface area contributed by atoms with E-state index >= 15 is 0 Å². The number of hydrogen-bond acceptors (Lipinski definition) is 6. The van der Waals surface area contributed by atoms with Crippen LogP contribution in [0.25, 0.3) is 0 Å². The van der Waals surface area contributed by atoms with Crippen LogP contribution in [0.15, 0.2) is 29.2 Å². The first kappa shape index (κ1) is 22.2. The van der Waals surface area contributed by atoms with Crippen LogP contribution in [0.2, 0.25) is 0 Å². The average Bonchev–Trinajstić information content (AvgIpc) is 2.73. The Morgan fingerprint density at radius 2 is 1.73 bits per heavy atom. The molecule has 0 spiro atoms. The van der Waals surface area contributed by atoms with Crippen molar-refractivity contribution in [2.75, 3.05) is 38.1 Å². The first-order valence-electron chi connectivity index (χ1n) is 10.1. The molecule has 0 radical (unpaired) electrons. The predicted molar refractivity (Wildman–Crippen MR) is 116 cm³/mol. The number of nitrogens with one attached hydrogen (secondary N) is 1. The van der Waals surface area contributed by atoms with E-state index in [0.29, 0.717) is 31.7 Å². The van der Waals surface area contributed by atoms with E-state index in [4.69, 9.17) is 0 Å². The van der Waals surface area contributed by atoms with Gasteiger partial charge in [-0.05, 0) is 38.6 Å². The van der Waals surface area contributed by atoms with Gasteiger partial charge < -0.3 is 9.80 Å². The van der Waals surface area contributed by atoms with Crippen molar-refractivity contribution in [3.05, 3.63) is 46.9 Å². The highest BCUT2D eigenvalue weighted by Crippen LogP contribution is 2.21. The van der Waals surface area contributed by atoms with E-state index in [0.717, 1.165) is 22.9 Å². The number of sulfonamides is 1. The zero-order chi connectivity index (χ0) is 22.1. The number of aromatic nitrogens is 2. The molecule has 0 saturated carbocycles. The highest BCUT2D eigenvalue weighted by atomic mass is 32.2. The maximum atomic E-state index is 13.1. The van der Waals surface area contributed by atoms with Gasteiger partial charge in [-0.1, -0.05) is 19.9 Å². The zero-order valence-electron chi connectivity index (χ0n) is 18.1. The summed E-state index contributed by atoms with van der Waals surface area (Å²) in [6, 6.07) is 6.61. The molecule has 1 N–H and O–H groups in total. The van der Waals surface area contributed by atoms with Crippen LogP contribution >= 0.6 is 0 Å². The van der Waals surface area contributed by atoms with Gasteiger partial charge in [0.1, 0.15) is 11.6 Å². The van der Waals surface area contributed by atoms with Crippen molar-refractivity contribution in [2.45, 2.75) is 38.5 Å². The molecular weight excluding hydrogens is 402 g/mol. The maximum Gasteiger partial charge on any atom is 0.254 e. The number of carbonyl (C=O) groups excluding carboxylic acids is 1. The predicted octanol–water partition coefficient (Wildman–Crippen LogP) is 2.09. The first-order chi connectivity index (χ1) is 14.1. The molecule has 2 aromatic rings. The van der Waals surface area contributed by atoms with E-state index in [1.807, 2.05) is 19.9 Å². The maximum absolute atomic E-state index is 13.1. The number of nitrogens with zero attached hydrogens (tertiary/aromatic N) is 4. The van der Waals surface area contributed by atoms with Crippen LogP contribution in [0.3, 0.4) is 0 Å². The van der Waals surface area contributed by atoms with Crippen molar-refractivity contribution >= 4 is 21.7 Å². The highest BCUT2D eigenvalue weighted by molar-refractivity contribution is 7.89. The van der Waals surface area contributed by atoms with Crippen LogP contribution in [-0.2, 0) is 10.0 Å². The van der Waals surface area contributed by atoms with Crippen LogP contribution in [-0.4, -0.2) is 62.4 Å². The smallest absolute Gasteiger partial charge is 0.254 e. The standard InChI is InChI=1S/C21H29N5O3S/c1-14(2)20-23-16(4)12-19(24-20)25-8-10-26(11-9-25)21(27)18-13-17(7-6-15(18)3)30(28,29)22-5/h6-7,12-14,22H,8-11H2,1-5H3. The fraction of sp³-hybridized carbons (Fsp3) is 0.476. The number of hydrogen-bond donors (Lipinski definition) is 1. The van der Waals surface area contributed by atoms with Gasteiger partial charge in [-0.25, -0.2) is 23.1 Å². The minimum absolute atomic E-state index is 0.0928. The molecule has 9 heteroatoms. The monoisotopic (exact) mass is 431 g/mol. The number of rotatable bonds is 5. The highest BCUT2D eigenvalue weighted by Gasteiger charge is 2.25. The third-order valence-electron chi connectivity index (χ3n) is 5.28. The van der Waals surface area contributed by atoms with E-state index in [1.54, 1.807) is 11.0 Å². The Morgan fingerprint density at radius 3 is 2.33 bits per heavy atom. The molecule has 1 aromatic heterocycles. The molecule has 1 aromatic carbocycles. The van der Waals surface area contributed by atoms with Gasteiger partial charge in [0, 0.05) is 49.4 Å². The Bertz CT molecular complexity index is 1040. The van der Waals surface area contributed by atoms with E-state index in [-0.39, 0.29) is 16.7 Å². The molecule has 1 fully saturated rings. The second kappa shape index (κ2) is 8.69. The SMILES string of the molecule is CNS(=O)(=O)c1ccc(C)c(C(=O)N2CCN(c3cc(C)nc(C(C)C)n3)CC2)c1. The second-order valence-corrected chi connectivity index (χ2v) is 9.73. The van der Waals surface area contributed by atoms with E-state index < -0.39 is 10.0 Å². The fourth-order valence-corrected chi connectivity index (χ4v) is 4.18. The first-order valence-corrected chi connectivity index (χ1v) is 11.5. The molecule has 1 saturated heterocycles. The van der Waals surface area contributed by atoms with Crippen molar-refractivity contribution in [2.24, 2.45) is 0 Å². The summed E-state index contributed by atoms with van der Waals surface area (Å²) < 4.78 is 26.5. The summed E-state index contributed by atoms with van der Waals surface area (Å²) in [4.78, 5) is 26.3. The van der Waals surface area contributed by atoms with Crippen molar-refractivity contribution in [1.82, 2.24) is 19.6 Å². The molecule has 1 aliphatic heterocycles. The minimum atomic E-state index is -3.60. The normalized spacial score (nSPS) is 15.0. The van der Waals surface area contributed by atoms with Gasteiger partial charge in [0.2, 0.25) is 10.0 Å². The molecule has 2 heterocycles. The lowest BCUT2D eigenvalue weighted by atomic mass is 10.1. The lowest BCUT2D eigenvalue weighted by molar-refractivity contribution is 0.0745. The fourth-order valence-electron chi connectivity index (χ4n) is 3.42. The Hall–Kier alpha value is -2.52. The molecule has 0 aliphatic carbocycles. The number of carbonyl (C=O) groups is 1. The molecule has 8 nitrogen and oxygen atoms in total. The summed E-state index contributed by atoms with van der Waals surface area (Å²) in [5, 5.41) is 0. The number of amides is 1. The summed E-state index contributed by atoms with van der Waals surface area (Å²) in [6.07, 6.45) is 0. The van der Waals surface area contributed by atoms with Gasteiger partial charge in [0.25, 0.3) is 5.91 Å². The minimum Gasteiger partial charge on any atom is -0.353 e. The van der Waals surface area contributed by atoms with Crippen molar-refractivity contribution in [1.29, 1.82) is 0 Å². The average molecular weight is 432 g/mol. The molecule has 0 unspecified atom stereocenters. The molecule has 30 heavy (non-hydrogen) atoms. The molecule has 1 aliphatic rings. The summed E-state index contributed by atoms with van der Waals surface area (Å²) in [7, 11) is -2.25. The van der Waals surface area contributed by atoms with Gasteiger partial charge in [-0.3, -0.25) is 4.79 Å². The summed E-state index contributed by atoms with van der Waals surface area (Å²) >= 11 is 0. The van der Waals surface area contributed by atoms with E-state index in [2.05, 4.69) is 33.4 Å². The Labute approximate surface area is 178 Å². The lowest BCUT2D eigenvalue weighted by Crippen LogP contribution is -2.49. The van der Waals surface area contributed by atoms with Crippen LogP contribution in [0, 0.1) is 13.8 Å². The van der Waals surface area contributed by atoms with Crippen molar-refractivity contribution in [3.63, 3.8) is 0 Å². The number of anilines is 1. The Kier molecular flexibility index (Phi) is 6.42. The largest absolute Gasteiger partial charge is 0.353 e. The van der Waals surface area contributed by atoms with Gasteiger partial charge in [0.05, 0.1) is 4.90 Å². The quantitative estimate of drug-likeness (QED) is 0.779. The molecule has 1 amide bonds. The topological polar surface area (TPSA) is 95.5 Å². The molecule has 0 bridgehead atoms. The number of piperazine rings is 1. The van der Waals surface area contributed by atoms with Crippen LogP contribution < -0.4 is 9.62 Å². The molecule has 162 valence electrons. The number of benzene rings is 1. The lowest BCUT2D eigenvalue weighted by Gasteiger charge is -2.36. The molecular formula is C21H29N5O3S. The summed E-state index contributed by atoms with van der Waals surface area (Å²) in [5.41, 5.74) is 2.10. The molecule has 0 atom stereocenters. The summed E-state index contributed by atoms with van der Waals surface area (Å²) in [6.45, 7) is 10.3. The number of aryl methyl sites for hydroxylation is 2.